The number of esters is 1. The van der Waals surface area contributed by atoms with Crippen LogP contribution < -0.4 is 5.32 Å². The van der Waals surface area contributed by atoms with E-state index >= 15 is 0 Å². The molecule has 7 heteroatoms. The molecule has 3 rings (SSSR count). The normalized spacial score (nSPS) is 15.5. The zero-order valence-corrected chi connectivity index (χ0v) is 15.9. The van der Waals surface area contributed by atoms with E-state index in [2.05, 4.69) is 10.4 Å². The number of carbonyl (C=O) groups excluding carboxylic acids is 2. The molecule has 0 radical (unpaired) electrons. The second-order valence-electron chi connectivity index (χ2n) is 7.51. The average molecular weight is 358 g/mol. The highest BCUT2D eigenvalue weighted by atomic mass is 16.5. The van der Waals surface area contributed by atoms with Gasteiger partial charge in [-0.1, -0.05) is 13.8 Å². The second kappa shape index (κ2) is 7.05. The van der Waals surface area contributed by atoms with E-state index in [0.29, 0.717) is 22.5 Å². The molecule has 26 heavy (non-hydrogen) atoms. The van der Waals surface area contributed by atoms with E-state index < -0.39 is 12.0 Å². The topological polar surface area (TPSA) is 86.1 Å². The highest BCUT2D eigenvalue weighted by molar-refractivity contribution is 6.06. The Labute approximate surface area is 153 Å². The number of carbonyl (C=O) groups is 2. The SMILES string of the molecule is COC(=O)C(NC(=O)c1cc(C2CC2)nc2c1cnn2C(C)C)C(C)C. The molecule has 1 saturated carbocycles. The summed E-state index contributed by atoms with van der Waals surface area (Å²) in [4.78, 5) is 29.7. The minimum absolute atomic E-state index is 0.0787. The van der Waals surface area contributed by atoms with E-state index in [4.69, 9.17) is 9.72 Å². The summed E-state index contributed by atoms with van der Waals surface area (Å²) < 4.78 is 6.65. The van der Waals surface area contributed by atoms with E-state index in [-0.39, 0.29) is 17.9 Å². The molecule has 2 heterocycles. The van der Waals surface area contributed by atoms with Crippen LogP contribution in [-0.2, 0) is 9.53 Å². The lowest BCUT2D eigenvalue weighted by Gasteiger charge is -2.20. The number of rotatable bonds is 6. The molecule has 1 N–H and O–H groups in total. The second-order valence-corrected chi connectivity index (χ2v) is 7.51. The number of aromatic nitrogens is 3. The Kier molecular flexibility index (Phi) is 4.98. The summed E-state index contributed by atoms with van der Waals surface area (Å²) in [7, 11) is 1.33. The van der Waals surface area contributed by atoms with E-state index in [9.17, 15) is 9.59 Å². The summed E-state index contributed by atoms with van der Waals surface area (Å²) in [5.41, 5.74) is 2.15. The van der Waals surface area contributed by atoms with Gasteiger partial charge in [0.1, 0.15) is 6.04 Å². The van der Waals surface area contributed by atoms with Crippen LogP contribution >= 0.6 is 0 Å². The van der Waals surface area contributed by atoms with E-state index in [0.717, 1.165) is 18.5 Å². The molecule has 1 atom stereocenters. The number of fused-ring (bicyclic) bond motifs is 1. The van der Waals surface area contributed by atoms with Crippen LogP contribution in [0.25, 0.3) is 11.0 Å². The molecule has 2 aromatic heterocycles. The number of amides is 1. The number of hydrogen-bond donors (Lipinski definition) is 1. The monoisotopic (exact) mass is 358 g/mol. The van der Waals surface area contributed by atoms with Crippen LogP contribution in [0.1, 0.15) is 68.5 Å². The van der Waals surface area contributed by atoms with Crippen LogP contribution in [0, 0.1) is 5.92 Å². The van der Waals surface area contributed by atoms with E-state index in [1.807, 2.05) is 38.4 Å². The molecular weight excluding hydrogens is 332 g/mol. The third-order valence-electron chi connectivity index (χ3n) is 4.72. The van der Waals surface area contributed by atoms with Crippen molar-refractivity contribution in [1.82, 2.24) is 20.1 Å². The molecule has 7 nitrogen and oxygen atoms in total. The molecule has 1 amide bonds. The zero-order chi connectivity index (χ0) is 19.0. The lowest BCUT2D eigenvalue weighted by molar-refractivity contribution is -0.144. The summed E-state index contributed by atoms with van der Waals surface area (Å²) in [6.07, 6.45) is 3.86. The maximum Gasteiger partial charge on any atom is 0.328 e. The number of ether oxygens (including phenoxy) is 1. The standard InChI is InChI=1S/C19H26N4O3/c1-10(2)16(19(25)26-5)22-18(24)13-8-15(12-6-7-12)21-17-14(13)9-20-23(17)11(3)4/h8-12,16H,6-7H2,1-5H3,(H,22,24). The van der Waals surface area contributed by atoms with Gasteiger partial charge in [0.15, 0.2) is 5.65 Å². The van der Waals surface area contributed by atoms with Crippen molar-refractivity contribution in [2.24, 2.45) is 5.92 Å². The number of pyridine rings is 1. The fraction of sp³-hybridized carbons (Fsp3) is 0.579. The number of methoxy groups -OCH3 is 1. The number of nitrogens with zero attached hydrogens (tertiary/aromatic N) is 3. The highest BCUT2D eigenvalue weighted by Gasteiger charge is 2.30. The number of hydrogen-bond acceptors (Lipinski definition) is 5. The Morgan fingerprint density at radius 1 is 1.27 bits per heavy atom. The van der Waals surface area contributed by atoms with Gasteiger partial charge in [0.2, 0.25) is 0 Å². The van der Waals surface area contributed by atoms with Crippen molar-refractivity contribution in [2.45, 2.75) is 58.5 Å². The average Bonchev–Trinajstić information content (AvgIpc) is 3.36. The Morgan fingerprint density at radius 3 is 2.50 bits per heavy atom. The van der Waals surface area contributed by atoms with Crippen molar-refractivity contribution in [3.8, 4) is 0 Å². The van der Waals surface area contributed by atoms with Gasteiger partial charge in [0.05, 0.1) is 24.3 Å². The van der Waals surface area contributed by atoms with E-state index in [1.165, 1.54) is 7.11 Å². The van der Waals surface area contributed by atoms with Crippen LogP contribution in [0.2, 0.25) is 0 Å². The Balaban J connectivity index is 2.02. The largest absolute Gasteiger partial charge is 0.467 e. The predicted octanol–water partition coefficient (Wildman–Crippen LogP) is 2.82. The third-order valence-corrected chi connectivity index (χ3v) is 4.72. The predicted molar refractivity (Wildman–Crippen MR) is 98.0 cm³/mol. The van der Waals surface area contributed by atoms with Gasteiger partial charge in [-0.15, -0.1) is 0 Å². The molecule has 1 aliphatic carbocycles. The van der Waals surface area contributed by atoms with Gasteiger partial charge >= 0.3 is 5.97 Å². The van der Waals surface area contributed by atoms with Crippen molar-refractivity contribution in [3.63, 3.8) is 0 Å². The first kappa shape index (κ1) is 18.4. The molecule has 0 bridgehead atoms. The Hall–Kier alpha value is -2.44. The molecule has 0 aromatic carbocycles. The molecular formula is C19H26N4O3. The highest BCUT2D eigenvalue weighted by Crippen LogP contribution is 2.40. The molecule has 140 valence electrons. The summed E-state index contributed by atoms with van der Waals surface area (Å²) in [6, 6.07) is 1.29. The third kappa shape index (κ3) is 3.43. The Bertz CT molecular complexity index is 837. The minimum Gasteiger partial charge on any atom is -0.467 e. The molecule has 1 unspecified atom stereocenters. The van der Waals surface area contributed by atoms with Gasteiger partial charge in [0, 0.05) is 17.7 Å². The zero-order valence-electron chi connectivity index (χ0n) is 15.9. The van der Waals surface area contributed by atoms with Crippen molar-refractivity contribution in [1.29, 1.82) is 0 Å². The van der Waals surface area contributed by atoms with Crippen molar-refractivity contribution < 1.29 is 14.3 Å². The minimum atomic E-state index is -0.694. The summed E-state index contributed by atoms with van der Waals surface area (Å²) in [6.45, 7) is 7.81. The van der Waals surface area contributed by atoms with Crippen LogP contribution in [-0.4, -0.2) is 39.8 Å². The first-order valence-electron chi connectivity index (χ1n) is 9.10. The van der Waals surface area contributed by atoms with Crippen LogP contribution in [0.4, 0.5) is 0 Å². The van der Waals surface area contributed by atoms with E-state index in [1.54, 1.807) is 6.20 Å². The molecule has 0 spiro atoms. The lowest BCUT2D eigenvalue weighted by atomic mass is 10.0. The summed E-state index contributed by atoms with van der Waals surface area (Å²) >= 11 is 0. The smallest absolute Gasteiger partial charge is 0.328 e. The van der Waals surface area contributed by atoms with Gasteiger partial charge in [-0.2, -0.15) is 5.10 Å². The molecule has 1 fully saturated rings. The van der Waals surface area contributed by atoms with Crippen molar-refractivity contribution in [2.75, 3.05) is 7.11 Å². The van der Waals surface area contributed by atoms with Crippen LogP contribution in [0.3, 0.4) is 0 Å². The fourth-order valence-corrected chi connectivity index (χ4v) is 3.04. The fourth-order valence-electron chi connectivity index (χ4n) is 3.04. The maximum absolute atomic E-state index is 13.0. The maximum atomic E-state index is 13.0. The first-order valence-corrected chi connectivity index (χ1v) is 9.10. The molecule has 0 aliphatic heterocycles. The number of nitrogens with one attached hydrogen (secondary N) is 1. The van der Waals surface area contributed by atoms with Gasteiger partial charge < -0.3 is 10.1 Å². The summed E-state index contributed by atoms with van der Waals surface area (Å²) in [5, 5.41) is 7.93. The lowest BCUT2D eigenvalue weighted by Crippen LogP contribution is -2.45. The molecule has 1 aliphatic rings. The van der Waals surface area contributed by atoms with Crippen molar-refractivity contribution in [3.05, 3.63) is 23.5 Å². The van der Waals surface area contributed by atoms with Crippen molar-refractivity contribution >= 4 is 22.9 Å². The molecule has 2 aromatic rings. The first-order chi connectivity index (χ1) is 12.3. The molecule has 0 saturated heterocycles. The van der Waals surface area contributed by atoms with Crippen LogP contribution in [0.5, 0.6) is 0 Å². The van der Waals surface area contributed by atoms with Gasteiger partial charge in [-0.3, -0.25) is 4.79 Å². The van der Waals surface area contributed by atoms with Gasteiger partial charge in [-0.05, 0) is 38.7 Å². The van der Waals surface area contributed by atoms with Gasteiger partial charge in [0.25, 0.3) is 5.91 Å². The van der Waals surface area contributed by atoms with Gasteiger partial charge in [-0.25, -0.2) is 14.5 Å². The quantitative estimate of drug-likeness (QED) is 0.803. The summed E-state index contributed by atoms with van der Waals surface area (Å²) in [5.74, 6) is -0.418. The Morgan fingerprint density at radius 2 is 1.96 bits per heavy atom. The van der Waals surface area contributed by atoms with Crippen LogP contribution in [0.15, 0.2) is 12.3 Å².